The second-order valence-electron chi connectivity index (χ2n) is 15.0. The molecule has 0 saturated carbocycles. The van der Waals surface area contributed by atoms with E-state index < -0.39 is 0 Å². The molecule has 2 nitrogen and oxygen atoms in total. The van der Waals surface area contributed by atoms with Gasteiger partial charge in [0.25, 0.3) is 0 Å². The molecule has 0 radical (unpaired) electrons. The zero-order valence-corrected chi connectivity index (χ0v) is 31.7. The molecule has 0 aliphatic heterocycles. The molecule has 2 heteroatoms. The molecule has 0 atom stereocenters. The van der Waals surface area contributed by atoms with Crippen LogP contribution in [0.25, 0.3) is 88.0 Å². The summed E-state index contributed by atoms with van der Waals surface area (Å²) in [5.74, 6) is 0.869. The van der Waals surface area contributed by atoms with Crippen LogP contribution in [-0.2, 0) is 0 Å². The minimum absolute atomic E-state index is 0.869. The van der Waals surface area contributed by atoms with Crippen LogP contribution in [0.1, 0.15) is 0 Å². The monoisotopic (exact) mass is 739 g/mol. The molecule has 272 valence electrons. The Balaban J connectivity index is 0.965. The molecular formula is C56H37NO. The highest BCUT2D eigenvalue weighted by Crippen LogP contribution is 2.40. The van der Waals surface area contributed by atoms with Crippen LogP contribution in [0.4, 0.5) is 17.1 Å². The summed E-state index contributed by atoms with van der Waals surface area (Å²) < 4.78 is 6.33. The van der Waals surface area contributed by atoms with Gasteiger partial charge >= 0.3 is 0 Å². The van der Waals surface area contributed by atoms with Crippen LogP contribution < -0.4 is 4.90 Å². The lowest BCUT2D eigenvalue weighted by molar-refractivity contribution is 0.632. The van der Waals surface area contributed by atoms with Crippen molar-refractivity contribution in [1.29, 1.82) is 0 Å². The SMILES string of the molecule is c1ccc(-c2cc3ccccc3o2)c(-c2ccc(N(c3ccc(-c4ccc5ccccc5c4)cc3)c3ccc(-c4ccc5c(ccc6ccccc65)c4)cc3)cc2)c1. The molecule has 58 heavy (non-hydrogen) atoms. The molecule has 0 spiro atoms. The zero-order chi connectivity index (χ0) is 38.4. The fourth-order valence-electron chi connectivity index (χ4n) is 8.47. The molecule has 0 fully saturated rings. The van der Waals surface area contributed by atoms with Gasteiger partial charge in [0.2, 0.25) is 0 Å². The number of rotatable bonds is 7. The summed E-state index contributed by atoms with van der Waals surface area (Å²) in [6.45, 7) is 0. The van der Waals surface area contributed by atoms with E-state index in [0.717, 1.165) is 50.5 Å². The quantitative estimate of drug-likeness (QED) is 0.151. The zero-order valence-electron chi connectivity index (χ0n) is 31.7. The Morgan fingerprint density at radius 2 is 0.741 bits per heavy atom. The Bertz CT molecular complexity index is 3230. The van der Waals surface area contributed by atoms with E-state index in [2.05, 4.69) is 211 Å². The second-order valence-corrected chi connectivity index (χ2v) is 15.0. The number of benzene rings is 10. The van der Waals surface area contributed by atoms with Crippen molar-refractivity contribution in [2.45, 2.75) is 0 Å². The third-order valence-electron chi connectivity index (χ3n) is 11.5. The van der Waals surface area contributed by atoms with Gasteiger partial charge in [-0.05, 0) is 126 Å². The summed E-state index contributed by atoms with van der Waals surface area (Å²) in [5, 5.41) is 8.67. The summed E-state index contributed by atoms with van der Waals surface area (Å²) in [6.07, 6.45) is 0. The Hall–Kier alpha value is -7.68. The first-order chi connectivity index (χ1) is 28.7. The second kappa shape index (κ2) is 14.1. The Kier molecular flexibility index (Phi) is 8.19. The molecule has 11 aromatic rings. The topological polar surface area (TPSA) is 16.4 Å². The van der Waals surface area contributed by atoms with Gasteiger partial charge in [-0.15, -0.1) is 0 Å². The van der Waals surface area contributed by atoms with Crippen molar-refractivity contribution < 1.29 is 4.42 Å². The van der Waals surface area contributed by atoms with Gasteiger partial charge in [-0.3, -0.25) is 0 Å². The Morgan fingerprint density at radius 3 is 1.43 bits per heavy atom. The maximum absolute atomic E-state index is 6.33. The van der Waals surface area contributed by atoms with Gasteiger partial charge < -0.3 is 9.32 Å². The van der Waals surface area contributed by atoms with E-state index in [9.17, 15) is 0 Å². The number of hydrogen-bond acceptors (Lipinski definition) is 2. The van der Waals surface area contributed by atoms with E-state index in [0.29, 0.717) is 0 Å². The smallest absolute Gasteiger partial charge is 0.136 e. The molecule has 1 aromatic heterocycles. The van der Waals surface area contributed by atoms with Gasteiger partial charge in [-0.25, -0.2) is 0 Å². The van der Waals surface area contributed by atoms with Crippen LogP contribution in [0.5, 0.6) is 0 Å². The van der Waals surface area contributed by atoms with Crippen molar-refractivity contribution in [3.63, 3.8) is 0 Å². The number of nitrogens with zero attached hydrogens (tertiary/aromatic N) is 1. The molecule has 10 aromatic carbocycles. The van der Waals surface area contributed by atoms with E-state index in [4.69, 9.17) is 4.42 Å². The lowest BCUT2D eigenvalue weighted by Gasteiger charge is -2.26. The first kappa shape index (κ1) is 33.6. The van der Waals surface area contributed by atoms with Gasteiger partial charge in [0, 0.05) is 28.0 Å². The first-order valence-electron chi connectivity index (χ1n) is 19.8. The largest absolute Gasteiger partial charge is 0.456 e. The molecule has 0 aliphatic rings. The van der Waals surface area contributed by atoms with Crippen LogP contribution in [0.15, 0.2) is 229 Å². The molecule has 11 rings (SSSR count). The Morgan fingerprint density at radius 1 is 0.276 bits per heavy atom. The average molecular weight is 740 g/mol. The van der Waals surface area contributed by atoms with Crippen LogP contribution in [-0.4, -0.2) is 0 Å². The molecule has 0 aliphatic carbocycles. The minimum atomic E-state index is 0.869. The van der Waals surface area contributed by atoms with Gasteiger partial charge in [0.05, 0.1) is 0 Å². The maximum Gasteiger partial charge on any atom is 0.136 e. The highest BCUT2D eigenvalue weighted by atomic mass is 16.3. The lowest BCUT2D eigenvalue weighted by Crippen LogP contribution is -2.09. The van der Waals surface area contributed by atoms with E-state index in [-0.39, 0.29) is 0 Å². The highest BCUT2D eigenvalue weighted by molar-refractivity contribution is 6.08. The summed E-state index contributed by atoms with van der Waals surface area (Å²) in [7, 11) is 0. The van der Waals surface area contributed by atoms with Crippen molar-refractivity contribution in [2.75, 3.05) is 4.90 Å². The summed E-state index contributed by atoms with van der Waals surface area (Å²) in [5.41, 5.74) is 12.3. The van der Waals surface area contributed by atoms with E-state index >= 15 is 0 Å². The number of furan rings is 1. The average Bonchev–Trinajstić information content (AvgIpc) is 3.74. The van der Waals surface area contributed by atoms with Crippen LogP contribution in [0.2, 0.25) is 0 Å². The highest BCUT2D eigenvalue weighted by Gasteiger charge is 2.16. The fourth-order valence-corrected chi connectivity index (χ4v) is 8.47. The van der Waals surface area contributed by atoms with Gasteiger partial charge in [-0.2, -0.15) is 0 Å². The minimum Gasteiger partial charge on any atom is -0.456 e. The molecule has 0 saturated heterocycles. The van der Waals surface area contributed by atoms with E-state index in [1.54, 1.807) is 0 Å². The predicted molar refractivity (Wildman–Crippen MR) is 245 cm³/mol. The van der Waals surface area contributed by atoms with Crippen LogP contribution in [0.3, 0.4) is 0 Å². The number of para-hydroxylation sites is 1. The van der Waals surface area contributed by atoms with E-state index in [1.807, 2.05) is 18.2 Å². The first-order valence-corrected chi connectivity index (χ1v) is 19.8. The summed E-state index contributed by atoms with van der Waals surface area (Å²) >= 11 is 0. The van der Waals surface area contributed by atoms with Gasteiger partial charge in [-0.1, -0.05) is 164 Å². The summed E-state index contributed by atoms with van der Waals surface area (Å²) in [6, 6.07) is 80.7. The van der Waals surface area contributed by atoms with Crippen molar-refractivity contribution in [1.82, 2.24) is 0 Å². The fraction of sp³-hybridized carbons (Fsp3) is 0. The molecular weight excluding hydrogens is 703 g/mol. The van der Waals surface area contributed by atoms with Crippen molar-refractivity contribution in [2.24, 2.45) is 0 Å². The van der Waals surface area contributed by atoms with Crippen LogP contribution >= 0.6 is 0 Å². The molecule has 0 amide bonds. The third kappa shape index (κ3) is 6.09. The Labute approximate surface area is 337 Å². The number of fused-ring (bicyclic) bond motifs is 5. The molecule has 0 unspecified atom stereocenters. The molecule has 0 N–H and O–H groups in total. The number of hydrogen-bond donors (Lipinski definition) is 0. The third-order valence-corrected chi connectivity index (χ3v) is 11.5. The number of anilines is 3. The van der Waals surface area contributed by atoms with Gasteiger partial charge in [0.15, 0.2) is 0 Å². The van der Waals surface area contributed by atoms with E-state index in [1.165, 1.54) is 54.6 Å². The molecule has 1 heterocycles. The van der Waals surface area contributed by atoms with Gasteiger partial charge in [0.1, 0.15) is 11.3 Å². The molecule has 0 bridgehead atoms. The maximum atomic E-state index is 6.33. The van der Waals surface area contributed by atoms with Crippen molar-refractivity contribution in [3.05, 3.63) is 224 Å². The van der Waals surface area contributed by atoms with Crippen molar-refractivity contribution >= 4 is 60.3 Å². The lowest BCUT2D eigenvalue weighted by atomic mass is 9.97. The van der Waals surface area contributed by atoms with Crippen molar-refractivity contribution in [3.8, 4) is 44.7 Å². The predicted octanol–water partition coefficient (Wildman–Crippen LogP) is 16.0. The summed E-state index contributed by atoms with van der Waals surface area (Å²) in [4.78, 5) is 2.34. The normalized spacial score (nSPS) is 11.4. The van der Waals surface area contributed by atoms with Crippen LogP contribution in [0, 0.1) is 0 Å². The standard InChI is InChI=1S/C56H37NO/c1-2-11-43-35-44(19-17-38(43)9-1)39-21-28-48(29-22-39)57(49-30-23-40(24-31-49)45-27-34-53-46(36-45)20-18-41-10-3-5-13-51(41)53)50-32-25-42(26-33-50)52-14-6-7-15-54(52)56-37-47-12-4-8-16-55(47)58-56/h1-37H.